The number of anilines is 2. The van der Waals surface area contributed by atoms with Crippen LogP contribution in [-0.4, -0.2) is 26.4 Å². The van der Waals surface area contributed by atoms with E-state index in [0.29, 0.717) is 18.8 Å². The Morgan fingerprint density at radius 1 is 1.04 bits per heavy atom. The topological polar surface area (TPSA) is 92.5 Å². The summed E-state index contributed by atoms with van der Waals surface area (Å²) in [6, 6.07) is 7.02. The highest BCUT2D eigenvalue weighted by Crippen LogP contribution is 2.37. The van der Waals surface area contributed by atoms with E-state index >= 15 is 0 Å². The molecule has 0 unspecified atom stereocenters. The number of sulfonamides is 1. The van der Waals surface area contributed by atoms with E-state index in [4.69, 9.17) is 0 Å². The average molecular weight is 415 g/mol. The van der Waals surface area contributed by atoms with Crippen LogP contribution in [0.2, 0.25) is 0 Å². The number of hydrogen-bond donors (Lipinski definition) is 1. The molecule has 0 aromatic heterocycles. The van der Waals surface area contributed by atoms with Crippen molar-refractivity contribution in [1.82, 2.24) is 0 Å². The van der Waals surface area contributed by atoms with Gasteiger partial charge in [0.25, 0.3) is 15.7 Å². The maximum absolute atomic E-state index is 13.1. The largest absolute Gasteiger partial charge is 0.416 e. The monoisotopic (exact) mass is 415 g/mol. The molecule has 0 radical (unpaired) electrons. The number of non-ortho nitro benzene ring substituents is 1. The Labute approximate surface area is 159 Å². The van der Waals surface area contributed by atoms with Crippen molar-refractivity contribution in [1.29, 1.82) is 0 Å². The molecule has 0 aliphatic carbocycles. The summed E-state index contributed by atoms with van der Waals surface area (Å²) in [6.07, 6.45) is -2.91. The molecular weight excluding hydrogens is 399 g/mol. The Kier molecular flexibility index (Phi) is 5.20. The lowest BCUT2D eigenvalue weighted by Gasteiger charge is -2.23. The molecule has 2 aromatic carbocycles. The lowest BCUT2D eigenvalue weighted by atomic mass is 10.1. The first-order valence-corrected chi connectivity index (χ1v) is 9.80. The van der Waals surface area contributed by atoms with Crippen molar-refractivity contribution in [2.24, 2.45) is 0 Å². The molecule has 11 heteroatoms. The van der Waals surface area contributed by atoms with Crippen molar-refractivity contribution in [3.8, 4) is 0 Å². The molecule has 7 nitrogen and oxygen atoms in total. The summed E-state index contributed by atoms with van der Waals surface area (Å²) in [4.78, 5) is 11.6. The molecule has 2 aromatic rings. The van der Waals surface area contributed by atoms with Gasteiger partial charge in [0.2, 0.25) is 0 Å². The van der Waals surface area contributed by atoms with E-state index in [1.165, 1.54) is 6.07 Å². The van der Waals surface area contributed by atoms with Crippen LogP contribution >= 0.6 is 0 Å². The average Bonchev–Trinajstić information content (AvgIpc) is 3.15. The summed E-state index contributed by atoms with van der Waals surface area (Å²) in [5.74, 6) is 0. The predicted octanol–water partition coefficient (Wildman–Crippen LogP) is 4.01. The minimum absolute atomic E-state index is 0.185. The molecule has 1 saturated heterocycles. The van der Waals surface area contributed by atoms with Gasteiger partial charge < -0.3 is 4.90 Å². The third-order valence-corrected chi connectivity index (χ3v) is 5.75. The fraction of sp³-hybridized carbons (Fsp3) is 0.294. The lowest BCUT2D eigenvalue weighted by Crippen LogP contribution is -2.22. The smallest absolute Gasteiger partial charge is 0.370 e. The Hall–Kier alpha value is -2.82. The summed E-state index contributed by atoms with van der Waals surface area (Å²) in [6.45, 7) is 1.22. The highest BCUT2D eigenvalue weighted by atomic mass is 32.2. The van der Waals surface area contributed by atoms with Crippen LogP contribution in [0.1, 0.15) is 18.4 Å². The zero-order valence-corrected chi connectivity index (χ0v) is 15.3. The number of nitrogens with one attached hydrogen (secondary N) is 1. The van der Waals surface area contributed by atoms with Crippen molar-refractivity contribution in [2.75, 3.05) is 22.7 Å². The second-order valence-corrected chi connectivity index (χ2v) is 7.96. The van der Waals surface area contributed by atoms with E-state index in [1.807, 2.05) is 4.90 Å². The minimum atomic E-state index is -4.63. The molecule has 1 N–H and O–H groups in total. The van der Waals surface area contributed by atoms with Gasteiger partial charge in [0.05, 0.1) is 26.8 Å². The number of nitro groups is 1. The van der Waals surface area contributed by atoms with E-state index < -0.39 is 26.7 Å². The molecule has 3 rings (SSSR count). The van der Waals surface area contributed by atoms with Crippen LogP contribution in [0.3, 0.4) is 0 Å². The van der Waals surface area contributed by atoms with Gasteiger partial charge in [0, 0.05) is 25.2 Å². The number of hydrogen-bond acceptors (Lipinski definition) is 5. The van der Waals surface area contributed by atoms with Gasteiger partial charge in [-0.1, -0.05) is 0 Å². The fourth-order valence-corrected chi connectivity index (χ4v) is 4.04. The second-order valence-electron chi connectivity index (χ2n) is 6.28. The van der Waals surface area contributed by atoms with Gasteiger partial charge in [-0.05, 0) is 43.2 Å². The van der Waals surface area contributed by atoms with Crippen LogP contribution in [-0.2, 0) is 16.2 Å². The van der Waals surface area contributed by atoms with Crippen LogP contribution in [0.5, 0.6) is 0 Å². The molecule has 1 aliphatic rings. The summed E-state index contributed by atoms with van der Waals surface area (Å²) < 4.78 is 66.8. The minimum Gasteiger partial charge on any atom is -0.370 e. The van der Waals surface area contributed by atoms with Gasteiger partial charge >= 0.3 is 6.18 Å². The van der Waals surface area contributed by atoms with Crippen molar-refractivity contribution in [3.05, 3.63) is 58.1 Å². The molecular formula is C17H16F3N3O4S. The number of benzene rings is 2. The summed E-state index contributed by atoms with van der Waals surface area (Å²) >= 11 is 0. The summed E-state index contributed by atoms with van der Waals surface area (Å²) in [7, 11) is -4.24. The molecule has 1 fully saturated rings. The quantitative estimate of drug-likeness (QED) is 0.588. The van der Waals surface area contributed by atoms with E-state index in [9.17, 15) is 31.7 Å². The SMILES string of the molecule is O=[N+]([O-])c1ccc(S(=O)(=O)Nc2cc(C(F)(F)F)ccc2N2CCCC2)cc1. The number of rotatable bonds is 5. The Morgan fingerprint density at radius 3 is 2.18 bits per heavy atom. The molecule has 1 aliphatic heterocycles. The van der Waals surface area contributed by atoms with Crippen molar-refractivity contribution in [3.63, 3.8) is 0 Å². The molecule has 28 heavy (non-hydrogen) atoms. The Balaban J connectivity index is 1.99. The zero-order chi connectivity index (χ0) is 20.5. The van der Waals surface area contributed by atoms with Crippen LogP contribution in [0, 0.1) is 10.1 Å². The molecule has 0 amide bonds. The summed E-state index contributed by atoms with van der Waals surface area (Å²) in [5.41, 5.74) is -1.10. The van der Waals surface area contributed by atoms with Crippen LogP contribution in [0.25, 0.3) is 0 Å². The maximum atomic E-state index is 13.1. The highest BCUT2D eigenvalue weighted by Gasteiger charge is 2.32. The maximum Gasteiger partial charge on any atom is 0.416 e. The first-order chi connectivity index (χ1) is 13.1. The molecule has 0 bridgehead atoms. The fourth-order valence-electron chi connectivity index (χ4n) is 2.98. The Bertz CT molecular complexity index is 986. The van der Waals surface area contributed by atoms with E-state index in [0.717, 1.165) is 49.2 Å². The van der Waals surface area contributed by atoms with Crippen LogP contribution < -0.4 is 9.62 Å². The number of halogens is 3. The first kappa shape index (κ1) is 19.9. The first-order valence-electron chi connectivity index (χ1n) is 8.31. The van der Waals surface area contributed by atoms with Gasteiger partial charge in [0.1, 0.15) is 0 Å². The van der Waals surface area contributed by atoms with E-state index in [1.54, 1.807) is 0 Å². The van der Waals surface area contributed by atoms with E-state index in [2.05, 4.69) is 4.72 Å². The molecule has 0 atom stereocenters. The molecule has 0 spiro atoms. The van der Waals surface area contributed by atoms with Crippen LogP contribution in [0.4, 0.5) is 30.2 Å². The van der Waals surface area contributed by atoms with Crippen molar-refractivity contribution in [2.45, 2.75) is 23.9 Å². The second kappa shape index (κ2) is 7.30. The lowest BCUT2D eigenvalue weighted by molar-refractivity contribution is -0.384. The normalized spacial score (nSPS) is 14.9. The standard InChI is InChI=1S/C17H16F3N3O4S/c18-17(19,20)12-3-8-16(22-9-1-2-10-22)15(11-12)21-28(26,27)14-6-4-13(5-7-14)23(24)25/h3-8,11,21H,1-2,9-10H2. The van der Waals surface area contributed by atoms with E-state index in [-0.39, 0.29) is 16.3 Å². The molecule has 150 valence electrons. The van der Waals surface area contributed by atoms with Crippen LogP contribution in [0.15, 0.2) is 47.4 Å². The van der Waals surface area contributed by atoms with Gasteiger partial charge in [-0.25, -0.2) is 8.42 Å². The van der Waals surface area contributed by atoms with Gasteiger partial charge in [-0.3, -0.25) is 14.8 Å². The van der Waals surface area contributed by atoms with Gasteiger partial charge in [0.15, 0.2) is 0 Å². The predicted molar refractivity (Wildman–Crippen MR) is 96.8 cm³/mol. The van der Waals surface area contributed by atoms with Crippen molar-refractivity contribution < 1.29 is 26.5 Å². The number of nitro benzene ring substituents is 1. The molecule has 0 saturated carbocycles. The van der Waals surface area contributed by atoms with Gasteiger partial charge in [-0.2, -0.15) is 13.2 Å². The van der Waals surface area contributed by atoms with Crippen molar-refractivity contribution >= 4 is 27.1 Å². The third kappa shape index (κ3) is 4.19. The number of alkyl halides is 3. The zero-order valence-electron chi connectivity index (χ0n) is 14.4. The third-order valence-electron chi connectivity index (χ3n) is 4.37. The highest BCUT2D eigenvalue weighted by molar-refractivity contribution is 7.92. The number of nitrogens with zero attached hydrogens (tertiary/aromatic N) is 2. The Morgan fingerprint density at radius 2 is 1.64 bits per heavy atom. The molecule has 1 heterocycles. The summed E-state index contributed by atoms with van der Waals surface area (Å²) in [5, 5.41) is 10.7. The van der Waals surface area contributed by atoms with Gasteiger partial charge in [-0.15, -0.1) is 0 Å².